The van der Waals surface area contributed by atoms with E-state index >= 15 is 0 Å². The van der Waals surface area contributed by atoms with Crippen LogP contribution in [0.5, 0.6) is 0 Å². The first kappa shape index (κ1) is 14.8. The Morgan fingerprint density at radius 2 is 1.65 bits per heavy atom. The van der Waals surface area contributed by atoms with Gasteiger partial charge in [-0.25, -0.2) is 0 Å². The average molecular weight is 252 g/mol. The molecule has 0 unspecified atom stereocenters. The van der Waals surface area contributed by atoms with E-state index in [9.17, 15) is 13.2 Å². The van der Waals surface area contributed by atoms with Crippen LogP contribution in [0.25, 0.3) is 0 Å². The van der Waals surface area contributed by atoms with Crippen LogP contribution in [0.1, 0.15) is 45.4 Å². The van der Waals surface area contributed by atoms with Gasteiger partial charge in [0.2, 0.25) is 0 Å². The highest BCUT2D eigenvalue weighted by Gasteiger charge is 2.41. The molecule has 1 fully saturated rings. The zero-order valence-corrected chi connectivity index (χ0v) is 10.5. The number of alkyl halides is 3. The second kappa shape index (κ2) is 6.05. The Morgan fingerprint density at radius 3 is 2.00 bits per heavy atom. The van der Waals surface area contributed by atoms with E-state index < -0.39 is 18.3 Å². The fraction of sp³-hybridized carbons (Fsp3) is 1.00. The molecule has 0 radical (unpaired) electrons. The van der Waals surface area contributed by atoms with Crippen LogP contribution in [-0.2, 0) is 0 Å². The molecule has 2 N–H and O–H groups in total. The summed E-state index contributed by atoms with van der Waals surface area (Å²) in [6.07, 6.45) is 1.68. The molecule has 102 valence electrons. The van der Waals surface area contributed by atoms with Crippen LogP contribution in [-0.4, -0.2) is 36.2 Å². The van der Waals surface area contributed by atoms with Crippen LogP contribution in [0.15, 0.2) is 0 Å². The van der Waals surface area contributed by atoms with Gasteiger partial charge in [-0.3, -0.25) is 4.90 Å². The predicted octanol–water partition coefficient (Wildman–Crippen LogP) is 2.92. The predicted molar refractivity (Wildman–Crippen MR) is 62.8 cm³/mol. The first-order valence-electron chi connectivity index (χ1n) is 6.45. The van der Waals surface area contributed by atoms with Crippen LogP contribution in [0.3, 0.4) is 0 Å². The Kier molecular flexibility index (Phi) is 5.25. The van der Waals surface area contributed by atoms with Gasteiger partial charge in [-0.05, 0) is 19.4 Å². The van der Waals surface area contributed by atoms with Crippen molar-refractivity contribution in [2.75, 3.05) is 19.6 Å². The minimum absolute atomic E-state index is 0.330. The van der Waals surface area contributed by atoms with Crippen molar-refractivity contribution in [2.24, 2.45) is 5.73 Å². The normalized spacial score (nSPS) is 21.5. The Hall–Kier alpha value is -0.290. The molecule has 0 atom stereocenters. The lowest BCUT2D eigenvalue weighted by Gasteiger charge is -2.43. The largest absolute Gasteiger partial charge is 0.401 e. The smallest absolute Gasteiger partial charge is 0.329 e. The van der Waals surface area contributed by atoms with Crippen molar-refractivity contribution in [1.29, 1.82) is 0 Å². The summed E-state index contributed by atoms with van der Waals surface area (Å²) in [7, 11) is 0. The van der Waals surface area contributed by atoms with Crippen molar-refractivity contribution in [3.63, 3.8) is 0 Å². The van der Waals surface area contributed by atoms with Gasteiger partial charge in [0.1, 0.15) is 0 Å². The second-order valence-electron chi connectivity index (χ2n) is 4.97. The fourth-order valence-electron chi connectivity index (χ4n) is 2.87. The Bertz CT molecular complexity index is 220. The maximum atomic E-state index is 12.6. The third kappa shape index (κ3) is 4.14. The summed E-state index contributed by atoms with van der Waals surface area (Å²) in [6, 6.07) is 0. The number of nitrogens with zero attached hydrogens (tertiary/aromatic N) is 1. The summed E-state index contributed by atoms with van der Waals surface area (Å²) in [4.78, 5) is 1.54. The molecule has 0 heterocycles. The van der Waals surface area contributed by atoms with E-state index in [0.717, 1.165) is 38.5 Å². The summed E-state index contributed by atoms with van der Waals surface area (Å²) in [5.74, 6) is 0. The molecule has 17 heavy (non-hydrogen) atoms. The van der Waals surface area contributed by atoms with Crippen LogP contribution >= 0.6 is 0 Å². The number of hydrogen-bond acceptors (Lipinski definition) is 2. The number of likely N-dealkylation sites (N-methyl/N-ethyl adjacent to an activating group) is 1. The third-order valence-electron chi connectivity index (χ3n) is 3.84. The van der Waals surface area contributed by atoms with Gasteiger partial charge in [-0.15, -0.1) is 0 Å². The highest BCUT2D eigenvalue weighted by Crippen LogP contribution is 2.33. The number of nitrogens with two attached hydrogens (primary N) is 1. The number of halogens is 3. The quantitative estimate of drug-likeness (QED) is 0.779. The van der Waals surface area contributed by atoms with Crippen LogP contribution in [0.2, 0.25) is 0 Å². The molecule has 1 aliphatic carbocycles. The van der Waals surface area contributed by atoms with Gasteiger partial charge in [-0.2, -0.15) is 13.2 Å². The van der Waals surface area contributed by atoms with Gasteiger partial charge in [0.05, 0.1) is 6.54 Å². The molecule has 0 aromatic carbocycles. The van der Waals surface area contributed by atoms with Crippen molar-refractivity contribution in [2.45, 2.75) is 57.2 Å². The van der Waals surface area contributed by atoms with Gasteiger partial charge in [0, 0.05) is 12.1 Å². The molecule has 2 nitrogen and oxygen atoms in total. The SMILES string of the molecule is CCN(CC(F)(F)F)C1(CN)CCCCCC1. The summed E-state index contributed by atoms with van der Waals surface area (Å²) in [5, 5.41) is 0. The maximum Gasteiger partial charge on any atom is 0.401 e. The van der Waals surface area contributed by atoms with Crippen molar-refractivity contribution < 1.29 is 13.2 Å². The molecule has 0 saturated heterocycles. The van der Waals surface area contributed by atoms with Crippen molar-refractivity contribution >= 4 is 0 Å². The van der Waals surface area contributed by atoms with E-state index in [-0.39, 0.29) is 0 Å². The second-order valence-corrected chi connectivity index (χ2v) is 4.97. The standard InChI is InChI=1S/C12H23F3N2/c1-2-17(10-12(13,14)15)11(9-16)7-5-3-4-6-8-11/h2-10,16H2,1H3. The van der Waals surface area contributed by atoms with E-state index in [4.69, 9.17) is 5.73 Å². The third-order valence-corrected chi connectivity index (χ3v) is 3.84. The molecule has 1 rings (SSSR count). The molecule has 1 aliphatic rings. The van der Waals surface area contributed by atoms with E-state index in [1.54, 1.807) is 11.8 Å². The fourth-order valence-corrected chi connectivity index (χ4v) is 2.87. The lowest BCUT2D eigenvalue weighted by Crippen LogP contribution is -2.56. The first-order valence-corrected chi connectivity index (χ1v) is 6.45. The topological polar surface area (TPSA) is 29.3 Å². The molecule has 0 aromatic heterocycles. The number of hydrogen-bond donors (Lipinski definition) is 1. The molecule has 1 saturated carbocycles. The molecule has 5 heteroatoms. The summed E-state index contributed by atoms with van der Waals surface area (Å²) in [5.41, 5.74) is 5.36. The molecule has 0 aliphatic heterocycles. The van der Waals surface area contributed by atoms with Crippen LogP contribution < -0.4 is 5.73 Å². The molecular weight excluding hydrogens is 229 g/mol. The van der Waals surface area contributed by atoms with E-state index in [2.05, 4.69) is 0 Å². The van der Waals surface area contributed by atoms with Gasteiger partial charge >= 0.3 is 6.18 Å². The summed E-state index contributed by atoms with van der Waals surface area (Å²) < 4.78 is 37.7. The minimum Gasteiger partial charge on any atom is -0.329 e. The lowest BCUT2D eigenvalue weighted by atomic mass is 9.88. The molecule has 0 spiro atoms. The van der Waals surface area contributed by atoms with Crippen molar-refractivity contribution in [3.8, 4) is 0 Å². The van der Waals surface area contributed by atoms with Gasteiger partial charge in [0.25, 0.3) is 0 Å². The number of rotatable bonds is 4. The Labute approximate surface area is 101 Å². The van der Waals surface area contributed by atoms with Crippen LogP contribution in [0, 0.1) is 0 Å². The monoisotopic (exact) mass is 252 g/mol. The van der Waals surface area contributed by atoms with Crippen molar-refractivity contribution in [1.82, 2.24) is 4.90 Å². The summed E-state index contributed by atoms with van der Waals surface area (Å²) >= 11 is 0. The molecule has 0 amide bonds. The first-order chi connectivity index (χ1) is 7.93. The highest BCUT2D eigenvalue weighted by molar-refractivity contribution is 4.93. The van der Waals surface area contributed by atoms with Crippen LogP contribution in [0.4, 0.5) is 13.2 Å². The Morgan fingerprint density at radius 1 is 1.12 bits per heavy atom. The minimum atomic E-state index is -4.13. The Balaban J connectivity index is 2.79. The van der Waals surface area contributed by atoms with Gasteiger partial charge < -0.3 is 5.73 Å². The average Bonchev–Trinajstić information content (AvgIpc) is 2.50. The van der Waals surface area contributed by atoms with Gasteiger partial charge in [-0.1, -0.05) is 32.6 Å². The molecular formula is C12H23F3N2. The van der Waals surface area contributed by atoms with E-state index in [1.165, 1.54) is 0 Å². The lowest BCUT2D eigenvalue weighted by molar-refractivity contribution is -0.159. The molecule has 0 aromatic rings. The summed E-state index contributed by atoms with van der Waals surface area (Å²) in [6.45, 7) is 1.70. The van der Waals surface area contributed by atoms with Gasteiger partial charge in [0.15, 0.2) is 0 Å². The zero-order chi connectivity index (χ0) is 12.9. The molecule has 0 bridgehead atoms. The van der Waals surface area contributed by atoms with E-state index in [0.29, 0.717) is 13.1 Å². The highest BCUT2D eigenvalue weighted by atomic mass is 19.4. The zero-order valence-electron chi connectivity index (χ0n) is 10.5. The van der Waals surface area contributed by atoms with Crippen molar-refractivity contribution in [3.05, 3.63) is 0 Å². The maximum absolute atomic E-state index is 12.6. The van der Waals surface area contributed by atoms with E-state index in [1.807, 2.05) is 0 Å².